The van der Waals surface area contributed by atoms with Crippen molar-refractivity contribution in [2.45, 2.75) is 77.2 Å². The monoisotopic (exact) mass is 273 g/mol. The Morgan fingerprint density at radius 3 is 2.25 bits per heavy atom. The summed E-state index contributed by atoms with van der Waals surface area (Å²) in [5.41, 5.74) is 3.23. The minimum atomic E-state index is 0.253. The lowest BCUT2D eigenvalue weighted by Gasteiger charge is -2.27. The first-order valence-corrected chi connectivity index (χ1v) is 8.36. The summed E-state index contributed by atoms with van der Waals surface area (Å²) in [6.45, 7) is 10.2. The summed E-state index contributed by atoms with van der Waals surface area (Å²) < 4.78 is 0. The van der Waals surface area contributed by atoms with Gasteiger partial charge in [0.15, 0.2) is 0 Å². The maximum absolute atomic E-state index is 3.72. The van der Waals surface area contributed by atoms with Crippen molar-refractivity contribution in [3.63, 3.8) is 0 Å². The van der Waals surface area contributed by atoms with Gasteiger partial charge >= 0.3 is 0 Å². The van der Waals surface area contributed by atoms with Crippen LogP contribution in [0.2, 0.25) is 0 Å². The smallest absolute Gasteiger partial charge is 0.0136 e. The summed E-state index contributed by atoms with van der Waals surface area (Å²) in [6, 6.07) is 10.1. The van der Waals surface area contributed by atoms with Crippen LogP contribution >= 0.6 is 0 Å². The lowest BCUT2D eigenvalue weighted by Crippen LogP contribution is -2.34. The van der Waals surface area contributed by atoms with Crippen molar-refractivity contribution in [3.05, 3.63) is 35.4 Å². The van der Waals surface area contributed by atoms with Crippen LogP contribution < -0.4 is 5.32 Å². The zero-order valence-corrected chi connectivity index (χ0v) is 13.7. The third-order valence-electron chi connectivity index (χ3n) is 4.69. The molecule has 0 heterocycles. The first kappa shape index (κ1) is 15.6. The van der Waals surface area contributed by atoms with Crippen LogP contribution in [0.5, 0.6) is 0 Å². The molecule has 2 rings (SSSR count). The fourth-order valence-electron chi connectivity index (χ4n) is 3.44. The van der Waals surface area contributed by atoms with Crippen LogP contribution in [-0.2, 0) is 5.41 Å². The van der Waals surface area contributed by atoms with Crippen molar-refractivity contribution in [1.29, 1.82) is 0 Å². The fraction of sp³-hybridized carbons (Fsp3) is 0.684. The highest BCUT2D eigenvalue weighted by Crippen LogP contribution is 2.33. The Kier molecular flexibility index (Phi) is 5.26. The van der Waals surface area contributed by atoms with Crippen LogP contribution in [0.15, 0.2) is 24.3 Å². The molecule has 0 aliphatic heterocycles. The van der Waals surface area contributed by atoms with Crippen molar-refractivity contribution in [2.75, 3.05) is 6.54 Å². The van der Waals surface area contributed by atoms with Crippen molar-refractivity contribution < 1.29 is 0 Å². The highest BCUT2D eigenvalue weighted by atomic mass is 14.9. The number of rotatable bonds is 3. The van der Waals surface area contributed by atoms with Gasteiger partial charge in [-0.15, -0.1) is 0 Å². The van der Waals surface area contributed by atoms with Crippen LogP contribution in [0.1, 0.15) is 76.8 Å². The van der Waals surface area contributed by atoms with Crippen LogP contribution in [0.4, 0.5) is 0 Å². The normalized spacial score (nSPS) is 24.4. The molecule has 0 saturated heterocycles. The maximum Gasteiger partial charge on any atom is 0.0136 e. The molecule has 0 radical (unpaired) electrons. The summed E-state index contributed by atoms with van der Waals surface area (Å²) in [5, 5.41) is 3.72. The molecule has 2 atom stereocenters. The molecule has 1 aromatic rings. The van der Waals surface area contributed by atoms with Crippen molar-refractivity contribution in [3.8, 4) is 0 Å². The first-order valence-electron chi connectivity index (χ1n) is 8.36. The Morgan fingerprint density at radius 1 is 1.00 bits per heavy atom. The Balaban J connectivity index is 2.18. The van der Waals surface area contributed by atoms with Gasteiger partial charge in [0.2, 0.25) is 0 Å². The lowest BCUT2D eigenvalue weighted by atomic mass is 9.83. The van der Waals surface area contributed by atoms with E-state index in [-0.39, 0.29) is 5.41 Å². The Morgan fingerprint density at radius 2 is 1.65 bits per heavy atom. The van der Waals surface area contributed by atoms with E-state index in [0.29, 0.717) is 12.0 Å². The molecule has 1 N–H and O–H groups in total. The summed E-state index contributed by atoms with van der Waals surface area (Å²) in [4.78, 5) is 0. The number of nitrogens with one attached hydrogen (secondary N) is 1. The Bertz CT molecular complexity index is 399. The molecule has 1 aliphatic rings. The van der Waals surface area contributed by atoms with E-state index in [1.165, 1.54) is 43.2 Å². The molecule has 1 aliphatic carbocycles. The highest BCUT2D eigenvalue weighted by molar-refractivity contribution is 5.30. The third-order valence-corrected chi connectivity index (χ3v) is 4.69. The van der Waals surface area contributed by atoms with E-state index in [2.05, 4.69) is 57.3 Å². The molecule has 112 valence electrons. The van der Waals surface area contributed by atoms with E-state index in [1.54, 1.807) is 0 Å². The zero-order chi connectivity index (χ0) is 14.6. The molecule has 1 aromatic carbocycles. The lowest BCUT2D eigenvalue weighted by molar-refractivity contribution is 0.419. The largest absolute Gasteiger partial charge is 0.314 e. The second-order valence-electron chi connectivity index (χ2n) is 7.28. The standard InChI is InChI=1S/C19H31N/c1-5-20-18-10-8-6-7-9-17(18)15-11-13-16(14-12-15)19(2,3)4/h11-14,17-18,20H,5-10H2,1-4H3. The highest BCUT2D eigenvalue weighted by Gasteiger charge is 2.24. The quantitative estimate of drug-likeness (QED) is 0.763. The van der Waals surface area contributed by atoms with Crippen LogP contribution in [0.3, 0.4) is 0 Å². The van der Waals surface area contributed by atoms with Gasteiger partial charge in [-0.25, -0.2) is 0 Å². The number of hydrogen-bond donors (Lipinski definition) is 1. The van der Waals surface area contributed by atoms with Crippen LogP contribution in [0.25, 0.3) is 0 Å². The van der Waals surface area contributed by atoms with E-state index in [4.69, 9.17) is 0 Å². The molecule has 0 spiro atoms. The molecule has 0 amide bonds. The molecule has 0 aromatic heterocycles. The zero-order valence-electron chi connectivity index (χ0n) is 13.7. The summed E-state index contributed by atoms with van der Waals surface area (Å²) in [5.74, 6) is 0.700. The fourth-order valence-corrected chi connectivity index (χ4v) is 3.44. The van der Waals surface area contributed by atoms with Gasteiger partial charge < -0.3 is 5.32 Å². The van der Waals surface area contributed by atoms with Crippen LogP contribution in [-0.4, -0.2) is 12.6 Å². The maximum atomic E-state index is 3.72. The SMILES string of the molecule is CCNC1CCCCCC1c1ccc(C(C)(C)C)cc1. The van der Waals surface area contributed by atoms with Gasteiger partial charge in [-0.1, -0.05) is 71.2 Å². The molecule has 1 heteroatoms. The summed E-state index contributed by atoms with van der Waals surface area (Å²) in [7, 11) is 0. The van der Waals surface area contributed by atoms with Gasteiger partial charge in [0.25, 0.3) is 0 Å². The van der Waals surface area contributed by atoms with E-state index < -0.39 is 0 Å². The number of hydrogen-bond acceptors (Lipinski definition) is 1. The molecule has 0 bridgehead atoms. The second kappa shape index (κ2) is 6.76. The third kappa shape index (κ3) is 3.85. The van der Waals surface area contributed by atoms with Crippen molar-refractivity contribution in [2.24, 2.45) is 0 Å². The van der Waals surface area contributed by atoms with E-state index >= 15 is 0 Å². The summed E-state index contributed by atoms with van der Waals surface area (Å²) in [6.07, 6.45) is 6.84. The molecular weight excluding hydrogens is 242 g/mol. The average Bonchev–Trinajstić information content (AvgIpc) is 2.64. The molecule has 1 saturated carbocycles. The van der Waals surface area contributed by atoms with Crippen LogP contribution in [0, 0.1) is 0 Å². The molecule has 2 unspecified atom stereocenters. The van der Waals surface area contributed by atoms with Crippen molar-refractivity contribution >= 4 is 0 Å². The Hall–Kier alpha value is -0.820. The number of likely N-dealkylation sites (N-methyl/N-ethyl adjacent to an activating group) is 1. The minimum absolute atomic E-state index is 0.253. The molecule has 1 nitrogen and oxygen atoms in total. The van der Waals surface area contributed by atoms with E-state index in [9.17, 15) is 0 Å². The van der Waals surface area contributed by atoms with Gasteiger partial charge in [-0.2, -0.15) is 0 Å². The second-order valence-corrected chi connectivity index (χ2v) is 7.28. The number of benzene rings is 1. The first-order chi connectivity index (χ1) is 9.52. The predicted octanol–water partition coefficient (Wildman–Crippen LogP) is 5.01. The van der Waals surface area contributed by atoms with Gasteiger partial charge in [0.1, 0.15) is 0 Å². The minimum Gasteiger partial charge on any atom is -0.314 e. The van der Waals surface area contributed by atoms with Gasteiger partial charge in [-0.05, 0) is 41.8 Å². The van der Waals surface area contributed by atoms with E-state index in [0.717, 1.165) is 6.54 Å². The predicted molar refractivity (Wildman–Crippen MR) is 88.4 cm³/mol. The molecule has 1 fully saturated rings. The average molecular weight is 273 g/mol. The van der Waals surface area contributed by atoms with Crippen molar-refractivity contribution in [1.82, 2.24) is 5.32 Å². The Labute approximate surface area is 125 Å². The molecular formula is C19H31N. The van der Waals surface area contributed by atoms with Gasteiger partial charge in [0.05, 0.1) is 0 Å². The van der Waals surface area contributed by atoms with E-state index in [1.807, 2.05) is 0 Å². The summed E-state index contributed by atoms with van der Waals surface area (Å²) >= 11 is 0. The topological polar surface area (TPSA) is 12.0 Å². The van der Waals surface area contributed by atoms with Gasteiger partial charge in [-0.3, -0.25) is 0 Å². The molecule has 20 heavy (non-hydrogen) atoms. The van der Waals surface area contributed by atoms with Gasteiger partial charge in [0, 0.05) is 6.04 Å².